The van der Waals surface area contributed by atoms with E-state index in [2.05, 4.69) is 4.98 Å². The van der Waals surface area contributed by atoms with Gasteiger partial charge in [-0.15, -0.1) is 0 Å². The van der Waals surface area contributed by atoms with Crippen molar-refractivity contribution in [2.24, 2.45) is 5.73 Å². The molecule has 0 bridgehead atoms. The van der Waals surface area contributed by atoms with Gasteiger partial charge in [0.25, 0.3) is 0 Å². The van der Waals surface area contributed by atoms with E-state index >= 15 is 0 Å². The van der Waals surface area contributed by atoms with Gasteiger partial charge < -0.3 is 15.5 Å². The molecular formula is C17H16N2O2. The number of esters is 1. The highest BCUT2D eigenvalue weighted by atomic mass is 16.5. The molecule has 0 fully saturated rings. The number of hydrogen-bond acceptors (Lipinski definition) is 3. The highest BCUT2D eigenvalue weighted by Gasteiger charge is 2.14. The largest absolute Gasteiger partial charge is 0.465 e. The van der Waals surface area contributed by atoms with E-state index in [1.807, 2.05) is 42.6 Å². The van der Waals surface area contributed by atoms with Crippen LogP contribution in [0.2, 0.25) is 0 Å². The summed E-state index contributed by atoms with van der Waals surface area (Å²) in [7, 11) is 1.37. The fourth-order valence-electron chi connectivity index (χ4n) is 2.48. The van der Waals surface area contributed by atoms with Crippen molar-refractivity contribution in [3.63, 3.8) is 0 Å². The minimum atomic E-state index is -0.345. The molecule has 3 rings (SSSR count). The van der Waals surface area contributed by atoms with Crippen LogP contribution in [0.25, 0.3) is 10.9 Å². The molecule has 0 saturated carbocycles. The van der Waals surface area contributed by atoms with E-state index in [1.54, 1.807) is 12.1 Å². The Kier molecular flexibility index (Phi) is 3.46. The van der Waals surface area contributed by atoms with Gasteiger partial charge in [0.05, 0.1) is 18.7 Å². The normalized spacial score (nSPS) is 12.3. The van der Waals surface area contributed by atoms with Crippen molar-refractivity contribution in [3.05, 3.63) is 71.4 Å². The number of nitrogens with one attached hydrogen (secondary N) is 1. The second-order valence-corrected chi connectivity index (χ2v) is 4.88. The Morgan fingerprint density at radius 2 is 1.86 bits per heavy atom. The molecule has 0 aliphatic rings. The summed E-state index contributed by atoms with van der Waals surface area (Å²) in [6.45, 7) is 0. The number of H-pyrrole nitrogens is 1. The van der Waals surface area contributed by atoms with E-state index in [0.717, 1.165) is 22.0 Å². The van der Waals surface area contributed by atoms with Gasteiger partial charge in [-0.1, -0.05) is 30.3 Å². The van der Waals surface area contributed by atoms with Gasteiger partial charge in [-0.05, 0) is 29.3 Å². The number of nitrogens with two attached hydrogens (primary N) is 1. The maximum atomic E-state index is 11.4. The molecule has 1 atom stereocenters. The van der Waals surface area contributed by atoms with Crippen LogP contribution in [0, 0.1) is 0 Å². The third-order valence-electron chi connectivity index (χ3n) is 3.65. The zero-order valence-corrected chi connectivity index (χ0v) is 11.7. The van der Waals surface area contributed by atoms with Crippen LogP contribution in [0.15, 0.2) is 54.7 Å². The first-order valence-electron chi connectivity index (χ1n) is 6.70. The number of methoxy groups -OCH3 is 1. The lowest BCUT2D eigenvalue weighted by atomic mass is 9.98. The first kappa shape index (κ1) is 13.4. The molecule has 0 saturated heterocycles. The molecule has 4 nitrogen and oxygen atoms in total. The first-order valence-corrected chi connectivity index (χ1v) is 6.70. The third kappa shape index (κ3) is 2.41. The van der Waals surface area contributed by atoms with Crippen LogP contribution in [0.1, 0.15) is 27.5 Å². The molecule has 3 N–H and O–H groups in total. The van der Waals surface area contributed by atoms with Gasteiger partial charge in [-0.25, -0.2) is 4.79 Å². The summed E-state index contributed by atoms with van der Waals surface area (Å²) < 4.78 is 4.69. The molecule has 4 heteroatoms. The van der Waals surface area contributed by atoms with Crippen LogP contribution >= 0.6 is 0 Å². The van der Waals surface area contributed by atoms with Crippen molar-refractivity contribution in [3.8, 4) is 0 Å². The van der Waals surface area contributed by atoms with E-state index in [-0.39, 0.29) is 12.0 Å². The van der Waals surface area contributed by atoms with Crippen LogP contribution in [-0.4, -0.2) is 18.1 Å². The topological polar surface area (TPSA) is 68.1 Å². The van der Waals surface area contributed by atoms with E-state index in [4.69, 9.17) is 10.5 Å². The number of benzene rings is 2. The van der Waals surface area contributed by atoms with E-state index in [0.29, 0.717) is 5.56 Å². The molecule has 0 aliphatic heterocycles. The average molecular weight is 280 g/mol. The Morgan fingerprint density at radius 3 is 2.57 bits per heavy atom. The number of carbonyl (C=O) groups excluding carboxylic acids is 1. The van der Waals surface area contributed by atoms with Gasteiger partial charge in [-0.3, -0.25) is 0 Å². The summed E-state index contributed by atoms with van der Waals surface area (Å²) in [6, 6.07) is 15.0. The summed E-state index contributed by atoms with van der Waals surface area (Å²) in [5.74, 6) is -0.345. The molecule has 1 unspecified atom stereocenters. The lowest BCUT2D eigenvalue weighted by Crippen LogP contribution is -2.11. The van der Waals surface area contributed by atoms with Gasteiger partial charge >= 0.3 is 5.97 Å². The van der Waals surface area contributed by atoms with Crippen molar-refractivity contribution in [2.45, 2.75) is 6.04 Å². The number of hydrogen-bond donors (Lipinski definition) is 2. The van der Waals surface area contributed by atoms with Gasteiger partial charge in [0.15, 0.2) is 0 Å². The number of para-hydroxylation sites is 1. The maximum absolute atomic E-state index is 11.4. The monoisotopic (exact) mass is 280 g/mol. The van der Waals surface area contributed by atoms with Crippen molar-refractivity contribution < 1.29 is 9.53 Å². The summed E-state index contributed by atoms with van der Waals surface area (Å²) in [5, 5.41) is 1.11. The van der Waals surface area contributed by atoms with Crippen LogP contribution in [-0.2, 0) is 4.74 Å². The van der Waals surface area contributed by atoms with Crippen LogP contribution < -0.4 is 5.73 Å². The summed E-state index contributed by atoms with van der Waals surface area (Å²) >= 11 is 0. The molecule has 106 valence electrons. The minimum absolute atomic E-state index is 0.243. The second kappa shape index (κ2) is 5.42. The molecule has 0 aliphatic carbocycles. The number of carbonyl (C=O) groups is 1. The highest BCUT2D eigenvalue weighted by molar-refractivity contribution is 5.89. The number of ether oxygens (including phenoxy) is 1. The summed E-state index contributed by atoms with van der Waals surface area (Å²) in [4.78, 5) is 14.7. The average Bonchev–Trinajstić information content (AvgIpc) is 2.97. The fourth-order valence-corrected chi connectivity index (χ4v) is 2.48. The fraction of sp³-hybridized carbons (Fsp3) is 0.118. The Balaban J connectivity index is 1.94. The van der Waals surface area contributed by atoms with Crippen molar-refractivity contribution in [1.29, 1.82) is 0 Å². The smallest absolute Gasteiger partial charge is 0.337 e. The Morgan fingerprint density at radius 1 is 1.14 bits per heavy atom. The second-order valence-electron chi connectivity index (χ2n) is 4.88. The SMILES string of the molecule is COC(=O)c1ccc(C(N)c2c[nH]c3ccccc23)cc1. The van der Waals surface area contributed by atoms with E-state index in [9.17, 15) is 4.79 Å². The Bertz CT molecular complexity index is 775. The summed E-state index contributed by atoms with van der Waals surface area (Å²) in [5.41, 5.74) is 9.92. The van der Waals surface area contributed by atoms with Gasteiger partial charge in [0, 0.05) is 17.1 Å². The number of aromatic nitrogens is 1. The molecule has 3 aromatic rings. The standard InChI is InChI=1S/C17H16N2O2/c1-21-17(20)12-8-6-11(7-9-12)16(18)14-10-19-15-5-3-2-4-13(14)15/h2-10,16,19H,18H2,1H3. The molecular weight excluding hydrogens is 264 g/mol. The summed E-state index contributed by atoms with van der Waals surface area (Å²) in [6.07, 6.45) is 1.93. The molecule has 0 spiro atoms. The van der Waals surface area contributed by atoms with Crippen molar-refractivity contribution in [1.82, 2.24) is 4.98 Å². The lowest BCUT2D eigenvalue weighted by Gasteiger charge is -2.12. The quantitative estimate of drug-likeness (QED) is 0.725. The van der Waals surface area contributed by atoms with Crippen molar-refractivity contribution >= 4 is 16.9 Å². The van der Waals surface area contributed by atoms with Crippen molar-refractivity contribution in [2.75, 3.05) is 7.11 Å². The number of fused-ring (bicyclic) bond motifs is 1. The molecule has 1 heterocycles. The first-order chi connectivity index (χ1) is 10.2. The predicted molar refractivity (Wildman–Crippen MR) is 82.1 cm³/mol. The molecule has 1 aromatic heterocycles. The third-order valence-corrected chi connectivity index (χ3v) is 3.65. The van der Waals surface area contributed by atoms with Gasteiger partial charge in [0.1, 0.15) is 0 Å². The molecule has 2 aromatic carbocycles. The highest BCUT2D eigenvalue weighted by Crippen LogP contribution is 2.27. The zero-order valence-electron chi connectivity index (χ0n) is 11.7. The van der Waals surface area contributed by atoms with Gasteiger partial charge in [-0.2, -0.15) is 0 Å². The number of aromatic amines is 1. The van der Waals surface area contributed by atoms with Gasteiger partial charge in [0.2, 0.25) is 0 Å². The number of rotatable bonds is 3. The zero-order chi connectivity index (χ0) is 14.8. The molecule has 21 heavy (non-hydrogen) atoms. The van der Waals surface area contributed by atoms with E-state index in [1.165, 1.54) is 7.11 Å². The predicted octanol–water partition coefficient (Wildman–Crippen LogP) is 3.00. The lowest BCUT2D eigenvalue weighted by molar-refractivity contribution is 0.0600. The van der Waals surface area contributed by atoms with Crippen LogP contribution in [0.3, 0.4) is 0 Å². The maximum Gasteiger partial charge on any atom is 0.337 e. The van der Waals surface area contributed by atoms with Crippen LogP contribution in [0.4, 0.5) is 0 Å². The minimum Gasteiger partial charge on any atom is -0.465 e. The van der Waals surface area contributed by atoms with Crippen LogP contribution in [0.5, 0.6) is 0 Å². The van der Waals surface area contributed by atoms with E-state index < -0.39 is 0 Å². The molecule has 0 radical (unpaired) electrons. The Labute approximate surface area is 122 Å². The Hall–Kier alpha value is -2.59. The molecule has 0 amide bonds.